The number of unbranched alkanes of at least 4 members (excludes halogenated alkanes) is 52. The number of rotatable bonds is 78. The Balaban J connectivity index is 3.90. The molecular formula is C86H161NO8P+. The van der Waals surface area contributed by atoms with Crippen LogP contribution in [-0.4, -0.2) is 74.9 Å². The molecule has 0 aromatic carbocycles. The van der Waals surface area contributed by atoms with Crippen molar-refractivity contribution in [1.29, 1.82) is 0 Å². The van der Waals surface area contributed by atoms with Crippen molar-refractivity contribution in [3.05, 3.63) is 72.9 Å². The summed E-state index contributed by atoms with van der Waals surface area (Å²) in [6.07, 6.45) is 105. The fourth-order valence-corrected chi connectivity index (χ4v) is 13.2. The molecule has 0 aliphatic rings. The first kappa shape index (κ1) is 93.5. The van der Waals surface area contributed by atoms with Crippen LogP contribution < -0.4 is 0 Å². The van der Waals surface area contributed by atoms with Gasteiger partial charge in [0.05, 0.1) is 27.7 Å². The first-order valence-corrected chi connectivity index (χ1v) is 43.2. The summed E-state index contributed by atoms with van der Waals surface area (Å²) in [5.41, 5.74) is 0. The summed E-state index contributed by atoms with van der Waals surface area (Å²) in [6.45, 7) is 4.39. The van der Waals surface area contributed by atoms with Crippen molar-refractivity contribution in [1.82, 2.24) is 0 Å². The van der Waals surface area contributed by atoms with E-state index < -0.39 is 26.5 Å². The summed E-state index contributed by atoms with van der Waals surface area (Å²) in [5.74, 6) is -0.779. The van der Waals surface area contributed by atoms with Gasteiger partial charge in [0.25, 0.3) is 0 Å². The number of quaternary nitrogens is 1. The number of carbonyl (C=O) groups excluding carboxylic acids is 2. The molecule has 0 bridgehead atoms. The Morgan fingerprint density at radius 3 is 0.885 bits per heavy atom. The number of esters is 2. The molecule has 0 amide bonds. The molecule has 0 aliphatic heterocycles. The number of hydrogen-bond donors (Lipinski definition) is 1. The first-order chi connectivity index (χ1) is 47.0. The van der Waals surface area contributed by atoms with Crippen LogP contribution in [0.25, 0.3) is 0 Å². The van der Waals surface area contributed by atoms with Gasteiger partial charge in [-0.25, -0.2) is 4.57 Å². The Morgan fingerprint density at radius 1 is 0.333 bits per heavy atom. The second kappa shape index (κ2) is 76.6. The van der Waals surface area contributed by atoms with Gasteiger partial charge in [-0.1, -0.05) is 408 Å². The molecular weight excluding hydrogens is 1210 g/mol. The Morgan fingerprint density at radius 2 is 0.594 bits per heavy atom. The maximum atomic E-state index is 12.9. The number of hydrogen-bond acceptors (Lipinski definition) is 7. The van der Waals surface area contributed by atoms with Crippen LogP contribution in [0.1, 0.15) is 412 Å². The summed E-state index contributed by atoms with van der Waals surface area (Å²) in [7, 11) is 1.49. The molecule has 0 rings (SSSR count). The smallest absolute Gasteiger partial charge is 0.462 e. The fraction of sp³-hybridized carbons (Fsp3) is 0.837. The molecule has 0 aromatic heterocycles. The van der Waals surface area contributed by atoms with E-state index in [1.165, 1.54) is 302 Å². The zero-order chi connectivity index (χ0) is 69.7. The SMILES string of the molecule is CC/C=C\C/C=C\C/C=C\C/C=C\C/C=C\C/C=C\CCCCCCCCCCCCCCCCC(=O)OC(COC(=O)CCCCCCCCCCCCCCCCCCCCCCCCCCCCCCCCCCCCCCCCC)COP(=O)(O)OCC[N+](C)(C)C. The molecule has 0 saturated carbocycles. The molecule has 10 heteroatoms. The van der Waals surface area contributed by atoms with Gasteiger partial charge in [0.2, 0.25) is 0 Å². The number of carbonyl (C=O) groups is 2. The fourth-order valence-electron chi connectivity index (χ4n) is 12.4. The quantitative estimate of drug-likeness (QED) is 0.0211. The Kier molecular flexibility index (Phi) is 74.6. The molecule has 96 heavy (non-hydrogen) atoms. The van der Waals surface area contributed by atoms with Gasteiger partial charge in [0.1, 0.15) is 19.8 Å². The molecule has 0 aromatic rings. The zero-order valence-corrected chi connectivity index (χ0v) is 65.3. The molecule has 0 fully saturated rings. The van der Waals surface area contributed by atoms with E-state index in [1.807, 2.05) is 21.1 Å². The monoisotopic (exact) mass is 1370 g/mol. The van der Waals surface area contributed by atoms with E-state index in [-0.39, 0.29) is 25.6 Å². The minimum Gasteiger partial charge on any atom is -0.462 e. The van der Waals surface area contributed by atoms with Crippen molar-refractivity contribution < 1.29 is 42.1 Å². The van der Waals surface area contributed by atoms with Crippen molar-refractivity contribution in [3.8, 4) is 0 Å². The maximum Gasteiger partial charge on any atom is 0.472 e. The highest BCUT2D eigenvalue weighted by Crippen LogP contribution is 2.43. The number of phosphoric acid groups is 1. The minimum atomic E-state index is -4.40. The molecule has 2 unspecified atom stereocenters. The average Bonchev–Trinajstić information content (AvgIpc) is 1.48. The van der Waals surface area contributed by atoms with Gasteiger partial charge in [-0.05, 0) is 64.2 Å². The van der Waals surface area contributed by atoms with E-state index in [9.17, 15) is 19.0 Å². The van der Waals surface area contributed by atoms with Gasteiger partial charge < -0.3 is 18.9 Å². The van der Waals surface area contributed by atoms with E-state index in [1.54, 1.807) is 0 Å². The standard InChI is InChI=1S/C86H160NO8P/c1-6-8-10-12-14-16-18-20-22-24-26-28-30-32-34-36-38-40-41-42-43-44-45-47-48-50-52-54-56-58-60-62-64-66-68-70-72-74-76-78-85(88)92-82-84(83-94-96(90,91)93-81-80-87(3,4)5)95-86(89)79-77-75-73-71-69-67-65-63-61-59-57-55-53-51-49-46-39-37-35-33-31-29-27-25-23-21-19-17-15-13-11-9-7-2/h9,11,15,17,21,23,27,29,33,35,39,46,84H,6-8,10,12-14,16,18-20,22,24-26,28,30-32,34,36-38,40-45,47-83H2,1-5H3/p+1/b11-9-,17-15-,23-21-,29-27-,35-33-,46-39-. The van der Waals surface area contributed by atoms with Crippen molar-refractivity contribution in [2.75, 3.05) is 47.5 Å². The Bertz CT molecular complexity index is 1850. The van der Waals surface area contributed by atoms with E-state index in [0.29, 0.717) is 23.9 Å². The third-order valence-corrected chi connectivity index (χ3v) is 19.7. The van der Waals surface area contributed by atoms with E-state index >= 15 is 0 Å². The zero-order valence-electron chi connectivity index (χ0n) is 64.4. The predicted octanol–water partition coefficient (Wildman–Crippen LogP) is 27.8. The number of likely N-dealkylation sites (N-methyl/N-ethyl adjacent to an activating group) is 1. The summed E-state index contributed by atoms with van der Waals surface area (Å²) >= 11 is 0. The predicted molar refractivity (Wildman–Crippen MR) is 418 cm³/mol. The molecule has 0 saturated heterocycles. The van der Waals surface area contributed by atoms with Crippen LogP contribution in [0.15, 0.2) is 72.9 Å². The van der Waals surface area contributed by atoms with Gasteiger partial charge >= 0.3 is 19.8 Å². The molecule has 0 radical (unpaired) electrons. The topological polar surface area (TPSA) is 108 Å². The molecule has 9 nitrogen and oxygen atoms in total. The maximum absolute atomic E-state index is 12.9. The third kappa shape index (κ3) is 80.4. The van der Waals surface area contributed by atoms with E-state index in [2.05, 4.69) is 86.8 Å². The average molecular weight is 1370 g/mol. The molecule has 1 N–H and O–H groups in total. The van der Waals surface area contributed by atoms with E-state index in [0.717, 1.165) is 77.0 Å². The van der Waals surface area contributed by atoms with Crippen molar-refractivity contribution >= 4 is 19.8 Å². The largest absolute Gasteiger partial charge is 0.472 e. The van der Waals surface area contributed by atoms with Crippen LogP contribution in [0.3, 0.4) is 0 Å². The molecule has 2 atom stereocenters. The normalized spacial score (nSPS) is 13.4. The second-order valence-electron chi connectivity index (χ2n) is 29.5. The molecule has 0 spiro atoms. The minimum absolute atomic E-state index is 0.0320. The molecule has 0 aliphatic carbocycles. The van der Waals surface area contributed by atoms with Gasteiger partial charge in [0.15, 0.2) is 6.10 Å². The van der Waals surface area contributed by atoms with Crippen LogP contribution in [0.5, 0.6) is 0 Å². The van der Waals surface area contributed by atoms with Crippen LogP contribution in [0.2, 0.25) is 0 Å². The van der Waals surface area contributed by atoms with Crippen molar-refractivity contribution in [3.63, 3.8) is 0 Å². The van der Waals surface area contributed by atoms with Crippen molar-refractivity contribution in [2.24, 2.45) is 0 Å². The molecule has 0 heterocycles. The van der Waals surface area contributed by atoms with E-state index in [4.69, 9.17) is 18.5 Å². The second-order valence-corrected chi connectivity index (χ2v) is 30.9. The third-order valence-electron chi connectivity index (χ3n) is 18.8. The lowest BCUT2D eigenvalue weighted by Gasteiger charge is -2.24. The number of allylic oxidation sites excluding steroid dienone is 12. The Hall–Kier alpha value is -2.55. The lowest BCUT2D eigenvalue weighted by molar-refractivity contribution is -0.870. The highest BCUT2D eigenvalue weighted by Gasteiger charge is 2.27. The molecule has 562 valence electrons. The van der Waals surface area contributed by atoms with Gasteiger partial charge in [0, 0.05) is 12.8 Å². The van der Waals surface area contributed by atoms with Crippen LogP contribution in [-0.2, 0) is 32.7 Å². The van der Waals surface area contributed by atoms with Crippen LogP contribution in [0, 0.1) is 0 Å². The van der Waals surface area contributed by atoms with Gasteiger partial charge in [-0.2, -0.15) is 0 Å². The summed E-state index contributed by atoms with van der Waals surface area (Å²) in [5, 5.41) is 0. The Labute approximate surface area is 597 Å². The summed E-state index contributed by atoms with van der Waals surface area (Å²) < 4.78 is 34.8. The number of ether oxygens (including phenoxy) is 2. The van der Waals surface area contributed by atoms with Crippen LogP contribution in [0.4, 0.5) is 0 Å². The number of phosphoric ester groups is 1. The van der Waals surface area contributed by atoms with Crippen molar-refractivity contribution in [2.45, 2.75) is 418 Å². The highest BCUT2D eigenvalue weighted by atomic mass is 31.2. The van der Waals surface area contributed by atoms with Gasteiger partial charge in [-0.3, -0.25) is 18.6 Å². The van der Waals surface area contributed by atoms with Crippen LogP contribution >= 0.6 is 7.82 Å². The number of nitrogens with zero attached hydrogens (tertiary/aromatic N) is 1. The summed E-state index contributed by atoms with van der Waals surface area (Å²) in [6, 6.07) is 0. The lowest BCUT2D eigenvalue weighted by atomic mass is 10.0. The highest BCUT2D eigenvalue weighted by molar-refractivity contribution is 7.47. The summed E-state index contributed by atoms with van der Waals surface area (Å²) in [4.78, 5) is 36.0. The lowest BCUT2D eigenvalue weighted by Crippen LogP contribution is -2.37. The van der Waals surface area contributed by atoms with Gasteiger partial charge in [-0.15, -0.1) is 0 Å². The first-order valence-electron chi connectivity index (χ1n) is 41.7.